The summed E-state index contributed by atoms with van der Waals surface area (Å²) in [7, 11) is 0. The fourth-order valence-corrected chi connectivity index (χ4v) is 4.18. The first-order valence-corrected chi connectivity index (χ1v) is 10.1. The van der Waals surface area contributed by atoms with Crippen molar-refractivity contribution in [2.75, 3.05) is 18.4 Å². The molecule has 0 spiro atoms. The third kappa shape index (κ3) is 4.06. The zero-order valence-electron chi connectivity index (χ0n) is 16.3. The minimum atomic E-state index is 0.127. The van der Waals surface area contributed by atoms with Gasteiger partial charge in [-0.1, -0.05) is 0 Å². The number of Topliss-reactive ketones (excluding diaryl/α,β-unsaturated/α-hetero) is 1. The van der Waals surface area contributed by atoms with Gasteiger partial charge >= 0.3 is 0 Å². The molecule has 1 aliphatic heterocycles. The van der Waals surface area contributed by atoms with Crippen LogP contribution in [0.1, 0.15) is 54.2 Å². The summed E-state index contributed by atoms with van der Waals surface area (Å²) in [5, 5.41) is 3.37. The summed E-state index contributed by atoms with van der Waals surface area (Å²) < 4.78 is 0. The summed E-state index contributed by atoms with van der Waals surface area (Å²) in [4.78, 5) is 34.6. The molecule has 1 aliphatic carbocycles. The van der Waals surface area contributed by atoms with E-state index < -0.39 is 0 Å². The van der Waals surface area contributed by atoms with Gasteiger partial charge in [-0.3, -0.25) is 9.59 Å². The van der Waals surface area contributed by atoms with Crippen molar-refractivity contribution in [1.82, 2.24) is 14.9 Å². The third-order valence-electron chi connectivity index (χ3n) is 5.88. The summed E-state index contributed by atoms with van der Waals surface area (Å²) in [5.74, 6) is 1.54. The summed E-state index contributed by atoms with van der Waals surface area (Å²) in [5.41, 5.74) is 4.02. The number of piperidine rings is 1. The van der Waals surface area contributed by atoms with Crippen LogP contribution in [-0.2, 0) is 17.6 Å². The lowest BCUT2D eigenvalue weighted by Crippen LogP contribution is -2.37. The Balaban J connectivity index is 1.35. The van der Waals surface area contributed by atoms with E-state index in [0.29, 0.717) is 12.3 Å². The second-order valence-corrected chi connectivity index (χ2v) is 7.78. The number of likely N-dealkylation sites (tertiary alicyclic amines) is 1. The van der Waals surface area contributed by atoms with Crippen LogP contribution in [-0.4, -0.2) is 39.6 Å². The average molecular weight is 378 g/mol. The molecule has 146 valence electrons. The van der Waals surface area contributed by atoms with Crippen LogP contribution in [0.15, 0.2) is 30.6 Å². The second kappa shape index (κ2) is 8.09. The molecule has 1 N–H and O–H groups in total. The number of nitrogens with zero attached hydrogens (tertiary/aromatic N) is 3. The lowest BCUT2D eigenvalue weighted by molar-refractivity contribution is -0.130. The maximum atomic E-state index is 12.6. The predicted molar refractivity (Wildman–Crippen MR) is 108 cm³/mol. The van der Waals surface area contributed by atoms with Gasteiger partial charge in [0.2, 0.25) is 5.91 Å². The van der Waals surface area contributed by atoms with Crippen LogP contribution >= 0.6 is 0 Å². The molecule has 0 atom stereocenters. The van der Waals surface area contributed by atoms with Gasteiger partial charge in [-0.05, 0) is 62.3 Å². The first-order chi connectivity index (χ1) is 13.6. The van der Waals surface area contributed by atoms with Crippen molar-refractivity contribution in [3.8, 4) is 0 Å². The van der Waals surface area contributed by atoms with Crippen molar-refractivity contribution < 1.29 is 9.59 Å². The predicted octanol–water partition coefficient (Wildman–Crippen LogP) is 3.54. The number of amides is 1. The molecule has 1 aromatic carbocycles. The topological polar surface area (TPSA) is 75.2 Å². The minimum Gasteiger partial charge on any atom is -0.343 e. The molecule has 2 aliphatic rings. The fraction of sp³-hybridized carbons (Fsp3) is 0.455. The van der Waals surface area contributed by atoms with E-state index in [9.17, 15) is 9.59 Å². The molecule has 2 aromatic rings. The number of carbonyl (C=O) groups excluding carboxylic acids is 2. The van der Waals surface area contributed by atoms with Crippen LogP contribution < -0.4 is 5.32 Å². The van der Waals surface area contributed by atoms with Gasteiger partial charge in [0.1, 0.15) is 12.1 Å². The quantitative estimate of drug-likeness (QED) is 0.806. The zero-order chi connectivity index (χ0) is 19.5. The van der Waals surface area contributed by atoms with Crippen molar-refractivity contribution in [3.63, 3.8) is 0 Å². The molecular formula is C22H26N4O2. The molecule has 6 nitrogen and oxygen atoms in total. The van der Waals surface area contributed by atoms with E-state index in [1.54, 1.807) is 13.3 Å². The Morgan fingerprint density at radius 1 is 1.11 bits per heavy atom. The number of benzene rings is 1. The Bertz CT molecular complexity index is 871. The van der Waals surface area contributed by atoms with Gasteiger partial charge in [0.05, 0.1) is 0 Å². The second-order valence-electron chi connectivity index (χ2n) is 7.78. The van der Waals surface area contributed by atoms with E-state index in [-0.39, 0.29) is 11.7 Å². The number of aromatic nitrogens is 2. The van der Waals surface area contributed by atoms with Crippen LogP contribution in [0.4, 0.5) is 11.5 Å². The SMILES string of the molecule is CC(=O)N1CCC(CC(=O)c2ccc(Nc3ncnc4c3CCC4)cc2)CC1. The van der Waals surface area contributed by atoms with E-state index >= 15 is 0 Å². The molecule has 2 heterocycles. The van der Waals surface area contributed by atoms with E-state index in [4.69, 9.17) is 0 Å². The molecule has 0 radical (unpaired) electrons. The molecule has 1 aromatic heterocycles. The molecule has 28 heavy (non-hydrogen) atoms. The smallest absolute Gasteiger partial charge is 0.219 e. The van der Waals surface area contributed by atoms with E-state index in [0.717, 1.165) is 68.0 Å². The third-order valence-corrected chi connectivity index (χ3v) is 5.88. The fourth-order valence-electron chi connectivity index (χ4n) is 4.18. The van der Waals surface area contributed by atoms with Gasteiger partial charge in [0, 0.05) is 48.9 Å². The van der Waals surface area contributed by atoms with Crippen LogP contribution in [0.5, 0.6) is 0 Å². The van der Waals surface area contributed by atoms with Gasteiger partial charge in [-0.15, -0.1) is 0 Å². The number of fused-ring (bicyclic) bond motifs is 1. The lowest BCUT2D eigenvalue weighted by Gasteiger charge is -2.30. The monoisotopic (exact) mass is 378 g/mol. The van der Waals surface area contributed by atoms with Crippen molar-refractivity contribution in [2.24, 2.45) is 5.92 Å². The highest BCUT2D eigenvalue weighted by Crippen LogP contribution is 2.28. The van der Waals surface area contributed by atoms with Gasteiger partial charge in [0.25, 0.3) is 0 Å². The lowest BCUT2D eigenvalue weighted by atomic mass is 9.90. The number of rotatable bonds is 5. The largest absolute Gasteiger partial charge is 0.343 e. The Morgan fingerprint density at radius 2 is 1.86 bits per heavy atom. The normalized spacial score (nSPS) is 16.7. The van der Waals surface area contributed by atoms with Gasteiger partial charge in [-0.25, -0.2) is 9.97 Å². The summed E-state index contributed by atoms with van der Waals surface area (Å²) in [6, 6.07) is 7.65. The van der Waals surface area contributed by atoms with Crippen molar-refractivity contribution >= 4 is 23.2 Å². The standard InChI is InChI=1S/C22H26N4O2/c1-15(27)26-11-9-16(10-12-26)13-21(28)17-5-7-18(8-6-17)25-22-19-3-2-4-20(19)23-14-24-22/h5-8,14,16H,2-4,9-13H2,1H3,(H,23,24,25). The number of ketones is 1. The number of nitrogens with one attached hydrogen (secondary N) is 1. The average Bonchev–Trinajstić information content (AvgIpc) is 3.19. The first-order valence-electron chi connectivity index (χ1n) is 10.1. The first kappa shape index (κ1) is 18.6. The number of carbonyl (C=O) groups is 2. The van der Waals surface area contributed by atoms with Crippen LogP contribution in [0.2, 0.25) is 0 Å². The minimum absolute atomic E-state index is 0.127. The van der Waals surface area contributed by atoms with Gasteiger partial charge < -0.3 is 10.2 Å². The van der Waals surface area contributed by atoms with Gasteiger partial charge in [0.15, 0.2) is 5.78 Å². The van der Waals surface area contributed by atoms with E-state index in [1.165, 1.54) is 5.56 Å². The Hall–Kier alpha value is -2.76. The van der Waals surface area contributed by atoms with E-state index in [1.807, 2.05) is 29.2 Å². The maximum Gasteiger partial charge on any atom is 0.219 e. The molecule has 4 rings (SSSR count). The molecule has 0 unspecified atom stereocenters. The number of hydrogen-bond donors (Lipinski definition) is 1. The number of anilines is 2. The molecule has 0 saturated carbocycles. The molecular weight excluding hydrogens is 352 g/mol. The Morgan fingerprint density at radius 3 is 2.57 bits per heavy atom. The number of hydrogen-bond acceptors (Lipinski definition) is 5. The van der Waals surface area contributed by atoms with Gasteiger partial charge in [-0.2, -0.15) is 0 Å². The summed E-state index contributed by atoms with van der Waals surface area (Å²) >= 11 is 0. The molecule has 1 fully saturated rings. The number of aryl methyl sites for hydroxylation is 1. The zero-order valence-corrected chi connectivity index (χ0v) is 16.3. The summed E-state index contributed by atoms with van der Waals surface area (Å²) in [6.07, 6.45) is 7.14. The van der Waals surface area contributed by atoms with E-state index in [2.05, 4.69) is 15.3 Å². The molecule has 1 amide bonds. The van der Waals surface area contributed by atoms with Crippen LogP contribution in [0.25, 0.3) is 0 Å². The summed E-state index contributed by atoms with van der Waals surface area (Å²) in [6.45, 7) is 3.13. The highest BCUT2D eigenvalue weighted by Gasteiger charge is 2.23. The van der Waals surface area contributed by atoms with Crippen LogP contribution in [0.3, 0.4) is 0 Å². The highest BCUT2D eigenvalue weighted by molar-refractivity contribution is 5.96. The molecule has 0 bridgehead atoms. The van der Waals surface area contributed by atoms with Crippen LogP contribution in [0, 0.1) is 5.92 Å². The highest BCUT2D eigenvalue weighted by atomic mass is 16.2. The Kier molecular flexibility index (Phi) is 5.37. The maximum absolute atomic E-state index is 12.6. The van der Waals surface area contributed by atoms with Crippen molar-refractivity contribution in [3.05, 3.63) is 47.4 Å². The van der Waals surface area contributed by atoms with Crippen molar-refractivity contribution in [2.45, 2.75) is 45.4 Å². The Labute approximate surface area is 165 Å². The molecule has 6 heteroatoms. The molecule has 1 saturated heterocycles. The van der Waals surface area contributed by atoms with Crippen molar-refractivity contribution in [1.29, 1.82) is 0 Å².